The summed E-state index contributed by atoms with van der Waals surface area (Å²) in [5.41, 5.74) is 3.74. The van der Waals surface area contributed by atoms with Crippen molar-refractivity contribution in [3.8, 4) is 22.7 Å². The van der Waals surface area contributed by atoms with Crippen LogP contribution >= 0.6 is 10.8 Å². The highest BCUT2D eigenvalue weighted by molar-refractivity contribution is 8.72. The molecule has 0 bridgehead atoms. The van der Waals surface area contributed by atoms with Crippen LogP contribution in [-0.4, -0.2) is 18.4 Å². The zero-order valence-corrected chi connectivity index (χ0v) is 18.7. The Labute approximate surface area is 189 Å². The monoisotopic (exact) mass is 458 g/mol. The minimum absolute atomic E-state index is 0.141. The Morgan fingerprint density at radius 2 is 1.47 bits per heavy atom. The van der Waals surface area contributed by atoms with Crippen LogP contribution in [0, 0.1) is 6.92 Å². The summed E-state index contributed by atoms with van der Waals surface area (Å²) >= 11 is 0. The Bertz CT molecular complexity index is 1480. The maximum Gasteiger partial charge on any atom is 0.237 e. The van der Waals surface area contributed by atoms with Crippen LogP contribution in [0.5, 0.6) is 0 Å². The fourth-order valence-electron chi connectivity index (χ4n) is 3.30. The standard InChI is InChI=1S/C25H18N2O3S2/c1-17-11-13-20(14-12-17)32(28,29)31-25-26-21(18-7-3-2-4-8-18)16-22(27-25)24-15-19-9-5-6-10-23(19)30-24/h2-16H,1H3. The van der Waals surface area contributed by atoms with Gasteiger partial charge in [-0.3, -0.25) is 0 Å². The van der Waals surface area contributed by atoms with Gasteiger partial charge < -0.3 is 4.42 Å². The summed E-state index contributed by atoms with van der Waals surface area (Å²) in [4.78, 5) is 9.29. The van der Waals surface area contributed by atoms with Crippen molar-refractivity contribution in [3.05, 3.63) is 96.6 Å². The van der Waals surface area contributed by atoms with Crippen LogP contribution in [0.1, 0.15) is 5.56 Å². The third kappa shape index (κ3) is 4.17. The highest BCUT2D eigenvalue weighted by Gasteiger charge is 2.21. The molecule has 32 heavy (non-hydrogen) atoms. The molecule has 0 fully saturated rings. The molecular weight excluding hydrogens is 440 g/mol. The van der Waals surface area contributed by atoms with Crippen LogP contribution < -0.4 is 0 Å². The lowest BCUT2D eigenvalue weighted by atomic mass is 10.1. The predicted molar refractivity (Wildman–Crippen MR) is 127 cm³/mol. The van der Waals surface area contributed by atoms with E-state index in [9.17, 15) is 8.42 Å². The molecule has 158 valence electrons. The first-order valence-electron chi connectivity index (χ1n) is 9.93. The number of fused-ring (bicyclic) bond motifs is 1. The maximum absolute atomic E-state index is 13.0. The highest BCUT2D eigenvalue weighted by atomic mass is 33.1. The molecule has 2 aromatic heterocycles. The van der Waals surface area contributed by atoms with Gasteiger partial charge in [-0.15, -0.1) is 0 Å². The summed E-state index contributed by atoms with van der Waals surface area (Å²) in [6, 6.07) is 27.7. The van der Waals surface area contributed by atoms with Crippen molar-refractivity contribution in [2.75, 3.05) is 0 Å². The number of benzene rings is 3. The van der Waals surface area contributed by atoms with Gasteiger partial charge in [-0.2, -0.15) is 0 Å². The summed E-state index contributed by atoms with van der Waals surface area (Å²) in [5.74, 6) is 0.556. The molecule has 2 heterocycles. The molecule has 0 saturated heterocycles. The Hall–Kier alpha value is -3.42. The smallest absolute Gasteiger partial charge is 0.237 e. The Balaban J connectivity index is 1.61. The first-order chi connectivity index (χ1) is 15.5. The molecule has 0 saturated carbocycles. The first kappa shape index (κ1) is 20.5. The molecule has 0 aliphatic rings. The van der Waals surface area contributed by atoms with E-state index in [1.165, 1.54) is 0 Å². The summed E-state index contributed by atoms with van der Waals surface area (Å²) in [5, 5.41) is 1.09. The van der Waals surface area contributed by atoms with Gasteiger partial charge in [0, 0.05) is 10.9 Å². The molecule has 0 aliphatic heterocycles. The number of aromatic nitrogens is 2. The maximum atomic E-state index is 13.0. The summed E-state index contributed by atoms with van der Waals surface area (Å²) in [7, 11) is -3.05. The third-order valence-corrected chi connectivity index (χ3v) is 8.03. The van der Waals surface area contributed by atoms with Gasteiger partial charge in [-0.25, -0.2) is 18.4 Å². The van der Waals surface area contributed by atoms with Crippen LogP contribution in [0.4, 0.5) is 0 Å². The van der Waals surface area contributed by atoms with Crippen molar-refractivity contribution in [1.29, 1.82) is 0 Å². The van der Waals surface area contributed by atoms with E-state index in [4.69, 9.17) is 4.42 Å². The fourth-order valence-corrected chi connectivity index (χ4v) is 5.77. The van der Waals surface area contributed by atoms with E-state index >= 15 is 0 Å². The molecule has 0 spiro atoms. The van der Waals surface area contributed by atoms with E-state index in [0.29, 0.717) is 27.9 Å². The molecule has 0 N–H and O–H groups in total. The van der Waals surface area contributed by atoms with E-state index in [1.807, 2.05) is 73.7 Å². The summed E-state index contributed by atoms with van der Waals surface area (Å²) in [6.45, 7) is 1.91. The second-order valence-corrected chi connectivity index (χ2v) is 11.0. The van der Waals surface area contributed by atoms with Crippen molar-refractivity contribution >= 4 is 30.6 Å². The zero-order chi connectivity index (χ0) is 22.1. The van der Waals surface area contributed by atoms with E-state index in [-0.39, 0.29) is 10.1 Å². The van der Waals surface area contributed by atoms with Gasteiger partial charge in [-0.05, 0) is 37.3 Å². The number of rotatable bonds is 5. The molecule has 0 amide bonds. The van der Waals surface area contributed by atoms with E-state index in [0.717, 1.165) is 22.1 Å². The molecule has 0 unspecified atom stereocenters. The Morgan fingerprint density at radius 3 is 2.22 bits per heavy atom. The Kier molecular flexibility index (Phi) is 5.28. The summed E-state index contributed by atoms with van der Waals surface area (Å²) < 4.78 is 32.0. The van der Waals surface area contributed by atoms with Crippen molar-refractivity contribution in [2.45, 2.75) is 17.0 Å². The summed E-state index contributed by atoms with van der Waals surface area (Å²) in [6.07, 6.45) is 0. The second kappa shape index (κ2) is 8.26. The van der Waals surface area contributed by atoms with Gasteiger partial charge in [-0.1, -0.05) is 66.2 Å². The van der Waals surface area contributed by atoms with Crippen molar-refractivity contribution in [3.63, 3.8) is 0 Å². The molecule has 0 radical (unpaired) electrons. The molecular formula is C25H18N2O3S2. The van der Waals surface area contributed by atoms with E-state index in [2.05, 4.69) is 9.97 Å². The lowest BCUT2D eigenvalue weighted by molar-refractivity contribution is 0.610. The molecule has 0 atom stereocenters. The van der Waals surface area contributed by atoms with Crippen molar-refractivity contribution < 1.29 is 12.8 Å². The number of hydrogen-bond acceptors (Lipinski definition) is 6. The first-order valence-corrected chi connectivity index (χ1v) is 12.7. The zero-order valence-electron chi connectivity index (χ0n) is 17.1. The third-order valence-electron chi connectivity index (χ3n) is 4.95. The SMILES string of the molecule is Cc1ccc(S(=O)(=O)Sc2nc(-c3ccccc3)cc(-c3cc4ccccc4o3)n2)cc1. The number of aryl methyl sites for hydroxylation is 1. The van der Waals surface area contributed by atoms with Crippen molar-refractivity contribution in [1.82, 2.24) is 9.97 Å². The van der Waals surface area contributed by atoms with E-state index in [1.54, 1.807) is 24.3 Å². The Morgan fingerprint density at radius 1 is 0.781 bits per heavy atom. The van der Waals surface area contributed by atoms with Crippen LogP contribution in [0.25, 0.3) is 33.7 Å². The van der Waals surface area contributed by atoms with Crippen LogP contribution in [0.2, 0.25) is 0 Å². The highest BCUT2D eigenvalue weighted by Crippen LogP contribution is 2.34. The van der Waals surface area contributed by atoms with Gasteiger partial charge in [0.25, 0.3) is 0 Å². The molecule has 7 heteroatoms. The van der Waals surface area contributed by atoms with Gasteiger partial charge in [0.1, 0.15) is 11.3 Å². The largest absolute Gasteiger partial charge is 0.454 e. The molecule has 5 aromatic rings. The van der Waals surface area contributed by atoms with Gasteiger partial charge in [0.15, 0.2) is 5.76 Å². The van der Waals surface area contributed by atoms with Gasteiger partial charge in [0.05, 0.1) is 21.4 Å². The molecule has 5 nitrogen and oxygen atoms in total. The number of hydrogen-bond donors (Lipinski definition) is 0. The predicted octanol–water partition coefficient (Wildman–Crippen LogP) is 6.35. The molecule has 3 aromatic carbocycles. The van der Waals surface area contributed by atoms with Gasteiger partial charge in [0.2, 0.25) is 14.0 Å². The average molecular weight is 459 g/mol. The number of furan rings is 1. The van der Waals surface area contributed by atoms with Crippen LogP contribution in [-0.2, 0) is 8.87 Å². The number of para-hydroxylation sites is 1. The van der Waals surface area contributed by atoms with Crippen molar-refractivity contribution in [2.24, 2.45) is 0 Å². The van der Waals surface area contributed by atoms with Gasteiger partial charge >= 0.3 is 0 Å². The quantitative estimate of drug-likeness (QED) is 0.226. The topological polar surface area (TPSA) is 73.1 Å². The normalized spacial score (nSPS) is 11.7. The minimum atomic E-state index is -3.69. The fraction of sp³-hybridized carbons (Fsp3) is 0.0400. The van der Waals surface area contributed by atoms with Crippen LogP contribution in [0.15, 0.2) is 105 Å². The molecule has 0 aliphatic carbocycles. The minimum Gasteiger partial charge on any atom is -0.454 e. The lowest BCUT2D eigenvalue weighted by Gasteiger charge is -2.08. The lowest BCUT2D eigenvalue weighted by Crippen LogP contribution is -2.00. The average Bonchev–Trinajstić information content (AvgIpc) is 3.24. The second-order valence-electron chi connectivity index (χ2n) is 7.29. The van der Waals surface area contributed by atoms with Crippen LogP contribution in [0.3, 0.4) is 0 Å². The van der Waals surface area contributed by atoms with E-state index < -0.39 is 8.87 Å². The molecule has 5 rings (SSSR count). The number of nitrogens with zero attached hydrogens (tertiary/aromatic N) is 2.